The minimum absolute atomic E-state index is 0.121. The number of benzene rings is 1. The number of aromatic nitrogens is 2. The van der Waals surface area contributed by atoms with E-state index in [0.29, 0.717) is 5.69 Å². The molecule has 0 radical (unpaired) electrons. The predicted octanol–water partition coefficient (Wildman–Crippen LogP) is 0.244. The molecule has 0 saturated heterocycles. The molecule has 0 unspecified atom stereocenters. The number of hydrogen-bond acceptors (Lipinski definition) is 4. The summed E-state index contributed by atoms with van der Waals surface area (Å²) in [5.74, 6) is -1.59. The normalized spacial score (nSPS) is 10.7. The first-order chi connectivity index (χ1) is 10.0. The number of carboxylic acid groups (broad SMARTS) is 1. The molecule has 1 aromatic heterocycles. The molecule has 0 atom stereocenters. The Morgan fingerprint density at radius 1 is 1.19 bits per heavy atom. The fourth-order valence-electron chi connectivity index (χ4n) is 1.98. The van der Waals surface area contributed by atoms with Gasteiger partial charge in [0.25, 0.3) is 0 Å². The van der Waals surface area contributed by atoms with E-state index in [1.54, 1.807) is 16.9 Å². The van der Waals surface area contributed by atoms with Crippen molar-refractivity contribution in [1.82, 2.24) is 14.7 Å². The maximum absolute atomic E-state index is 11.0. The molecule has 3 N–H and O–H groups in total. The van der Waals surface area contributed by atoms with Gasteiger partial charge >= 0.3 is 5.97 Å². The van der Waals surface area contributed by atoms with Crippen LogP contribution in [0.3, 0.4) is 0 Å². The van der Waals surface area contributed by atoms with Gasteiger partial charge in [-0.05, 0) is 18.2 Å². The average Bonchev–Trinajstić information content (AvgIpc) is 2.86. The maximum atomic E-state index is 11.0. The molecule has 2 rings (SSSR count). The summed E-state index contributed by atoms with van der Waals surface area (Å²) in [5, 5.41) is 13.2. The fraction of sp³-hybridized carbons (Fsp3) is 0.214. The number of carboxylic acids is 1. The Hall–Kier alpha value is -2.67. The van der Waals surface area contributed by atoms with E-state index in [4.69, 9.17) is 10.8 Å². The van der Waals surface area contributed by atoms with Crippen LogP contribution in [0.2, 0.25) is 0 Å². The molecule has 2 aromatic rings. The highest BCUT2D eigenvalue weighted by Gasteiger charge is 2.14. The van der Waals surface area contributed by atoms with Crippen molar-refractivity contribution in [2.75, 3.05) is 13.1 Å². The van der Waals surface area contributed by atoms with Crippen molar-refractivity contribution in [2.24, 2.45) is 5.73 Å². The van der Waals surface area contributed by atoms with Crippen LogP contribution in [0.15, 0.2) is 42.6 Å². The second-order valence-corrected chi connectivity index (χ2v) is 4.59. The molecule has 0 aliphatic carbocycles. The predicted molar refractivity (Wildman–Crippen MR) is 75.7 cm³/mol. The number of amides is 1. The molecular weight excluding hydrogens is 272 g/mol. The van der Waals surface area contributed by atoms with E-state index < -0.39 is 11.9 Å². The summed E-state index contributed by atoms with van der Waals surface area (Å²) in [5.41, 5.74) is 6.69. The van der Waals surface area contributed by atoms with Crippen LogP contribution in [0.1, 0.15) is 5.69 Å². The molecule has 0 aliphatic heterocycles. The first-order valence-corrected chi connectivity index (χ1v) is 6.37. The van der Waals surface area contributed by atoms with Crippen LogP contribution in [0, 0.1) is 0 Å². The van der Waals surface area contributed by atoms with Crippen LogP contribution in [-0.2, 0) is 16.1 Å². The van der Waals surface area contributed by atoms with Crippen molar-refractivity contribution in [3.05, 3.63) is 48.3 Å². The smallest absolute Gasteiger partial charge is 0.317 e. The molecular formula is C14H16N4O3. The highest BCUT2D eigenvalue weighted by atomic mass is 16.4. The van der Waals surface area contributed by atoms with Crippen molar-refractivity contribution < 1.29 is 14.7 Å². The van der Waals surface area contributed by atoms with E-state index in [1.807, 2.05) is 30.3 Å². The number of primary amides is 1. The van der Waals surface area contributed by atoms with Gasteiger partial charge in [-0.25, -0.2) is 4.68 Å². The molecule has 0 bridgehead atoms. The van der Waals surface area contributed by atoms with Crippen LogP contribution in [-0.4, -0.2) is 44.8 Å². The summed E-state index contributed by atoms with van der Waals surface area (Å²) in [6.45, 7) is -0.138. The Labute approximate surface area is 121 Å². The molecule has 110 valence electrons. The number of aliphatic carboxylic acids is 1. The summed E-state index contributed by atoms with van der Waals surface area (Å²) in [6.07, 6.45) is 1.79. The molecule has 7 heteroatoms. The van der Waals surface area contributed by atoms with Crippen molar-refractivity contribution in [3.8, 4) is 5.69 Å². The topological polar surface area (TPSA) is 101 Å². The number of hydrogen-bond donors (Lipinski definition) is 2. The SMILES string of the molecule is NC(=O)CN(CC(=O)O)Cc1ccn(-c2ccccc2)n1. The first-order valence-electron chi connectivity index (χ1n) is 6.37. The Morgan fingerprint density at radius 3 is 2.52 bits per heavy atom. The van der Waals surface area contributed by atoms with Crippen molar-refractivity contribution >= 4 is 11.9 Å². The van der Waals surface area contributed by atoms with Crippen LogP contribution < -0.4 is 5.73 Å². The van der Waals surface area contributed by atoms with E-state index >= 15 is 0 Å². The summed E-state index contributed by atoms with van der Waals surface area (Å²) < 4.78 is 1.69. The van der Waals surface area contributed by atoms with E-state index in [1.165, 1.54) is 4.90 Å². The third-order valence-electron chi connectivity index (χ3n) is 2.79. The van der Waals surface area contributed by atoms with Gasteiger partial charge in [0, 0.05) is 12.7 Å². The minimum atomic E-state index is -1.02. The van der Waals surface area contributed by atoms with Crippen molar-refractivity contribution in [3.63, 3.8) is 0 Å². The van der Waals surface area contributed by atoms with Crippen LogP contribution in [0.5, 0.6) is 0 Å². The highest BCUT2D eigenvalue weighted by Crippen LogP contribution is 2.08. The zero-order chi connectivity index (χ0) is 15.2. The van der Waals surface area contributed by atoms with E-state index in [2.05, 4.69) is 5.10 Å². The van der Waals surface area contributed by atoms with Crippen molar-refractivity contribution in [1.29, 1.82) is 0 Å². The zero-order valence-electron chi connectivity index (χ0n) is 11.3. The third kappa shape index (κ3) is 4.43. The van der Waals surface area contributed by atoms with Gasteiger partial charge in [0.2, 0.25) is 5.91 Å². The summed E-state index contributed by atoms with van der Waals surface area (Å²) in [7, 11) is 0. The standard InChI is InChI=1S/C14H16N4O3/c15-13(19)9-17(10-14(20)21)8-11-6-7-18(16-11)12-4-2-1-3-5-12/h1-7H,8-10H2,(H2,15,19)(H,20,21). The number of rotatable bonds is 7. The number of nitrogens with two attached hydrogens (primary N) is 1. The number of para-hydroxylation sites is 1. The number of carbonyl (C=O) groups excluding carboxylic acids is 1. The average molecular weight is 288 g/mol. The van der Waals surface area contributed by atoms with Gasteiger partial charge in [0.1, 0.15) is 0 Å². The molecule has 1 aromatic carbocycles. The Bertz CT molecular complexity index is 608. The lowest BCUT2D eigenvalue weighted by Gasteiger charge is -2.16. The van der Waals surface area contributed by atoms with E-state index in [-0.39, 0.29) is 19.6 Å². The van der Waals surface area contributed by atoms with Gasteiger partial charge < -0.3 is 10.8 Å². The lowest BCUT2D eigenvalue weighted by atomic mass is 10.3. The Balaban J connectivity index is 2.09. The summed E-state index contributed by atoms with van der Waals surface area (Å²) in [4.78, 5) is 23.2. The monoisotopic (exact) mass is 288 g/mol. The molecule has 7 nitrogen and oxygen atoms in total. The minimum Gasteiger partial charge on any atom is -0.480 e. The zero-order valence-corrected chi connectivity index (χ0v) is 11.3. The van der Waals surface area contributed by atoms with Gasteiger partial charge in [-0.2, -0.15) is 5.10 Å². The molecule has 0 spiro atoms. The number of nitrogens with zero attached hydrogens (tertiary/aromatic N) is 3. The van der Waals surface area contributed by atoms with Gasteiger partial charge in [-0.1, -0.05) is 18.2 Å². The molecule has 1 heterocycles. The van der Waals surface area contributed by atoms with Crippen molar-refractivity contribution in [2.45, 2.75) is 6.54 Å². The first kappa shape index (κ1) is 14.7. The fourth-order valence-corrected chi connectivity index (χ4v) is 1.98. The lowest BCUT2D eigenvalue weighted by molar-refractivity contribution is -0.138. The summed E-state index contributed by atoms with van der Waals surface area (Å²) >= 11 is 0. The Kier molecular flexibility index (Phi) is 4.68. The van der Waals surface area contributed by atoms with Crippen LogP contribution in [0.4, 0.5) is 0 Å². The van der Waals surface area contributed by atoms with Crippen LogP contribution in [0.25, 0.3) is 5.69 Å². The second kappa shape index (κ2) is 6.67. The van der Waals surface area contributed by atoms with Crippen LogP contribution >= 0.6 is 0 Å². The highest BCUT2D eigenvalue weighted by molar-refractivity contribution is 5.77. The number of carbonyl (C=O) groups is 2. The summed E-state index contributed by atoms with van der Waals surface area (Å²) in [6, 6.07) is 11.3. The molecule has 0 aliphatic rings. The Morgan fingerprint density at radius 2 is 1.90 bits per heavy atom. The lowest BCUT2D eigenvalue weighted by Crippen LogP contribution is -2.37. The van der Waals surface area contributed by atoms with Gasteiger partial charge in [0.05, 0.1) is 24.5 Å². The largest absolute Gasteiger partial charge is 0.480 e. The molecule has 0 fully saturated rings. The quantitative estimate of drug-likeness (QED) is 0.760. The van der Waals surface area contributed by atoms with E-state index in [9.17, 15) is 9.59 Å². The van der Waals surface area contributed by atoms with Gasteiger partial charge in [0.15, 0.2) is 0 Å². The maximum Gasteiger partial charge on any atom is 0.317 e. The third-order valence-corrected chi connectivity index (χ3v) is 2.79. The molecule has 1 amide bonds. The van der Waals surface area contributed by atoms with Gasteiger partial charge in [-0.3, -0.25) is 14.5 Å². The van der Waals surface area contributed by atoms with Gasteiger partial charge in [-0.15, -0.1) is 0 Å². The second-order valence-electron chi connectivity index (χ2n) is 4.59. The van der Waals surface area contributed by atoms with E-state index in [0.717, 1.165) is 5.69 Å². The molecule has 0 saturated carbocycles. The molecule has 21 heavy (non-hydrogen) atoms.